The molecule has 3 atom stereocenters. The van der Waals surface area contributed by atoms with Gasteiger partial charge in [0, 0.05) is 6.42 Å². The summed E-state index contributed by atoms with van der Waals surface area (Å²) in [5.41, 5.74) is 0. The monoisotopic (exact) mass is 1090 g/mol. The molecule has 0 fully saturated rings. The van der Waals surface area contributed by atoms with E-state index in [1.807, 2.05) is 27.2 Å². The van der Waals surface area contributed by atoms with Crippen molar-refractivity contribution in [3.05, 3.63) is 24.3 Å². The molecule has 452 valence electrons. The van der Waals surface area contributed by atoms with Crippen molar-refractivity contribution >= 4 is 13.7 Å². The molecule has 8 nitrogen and oxygen atoms in total. The minimum atomic E-state index is -4.60. The number of amides is 1. The zero-order valence-electron chi connectivity index (χ0n) is 51.7. The summed E-state index contributed by atoms with van der Waals surface area (Å²) in [6, 6.07) is -0.886. The van der Waals surface area contributed by atoms with Gasteiger partial charge in [0.15, 0.2) is 0 Å². The lowest BCUT2D eigenvalue weighted by molar-refractivity contribution is -0.870. The summed E-state index contributed by atoms with van der Waals surface area (Å²) in [4.78, 5) is 25.6. The van der Waals surface area contributed by atoms with Crippen LogP contribution in [0.3, 0.4) is 0 Å². The molecule has 9 heteroatoms. The Bertz CT molecular complexity index is 1290. The second-order valence-electron chi connectivity index (χ2n) is 24.5. The maximum atomic E-state index is 13.0. The van der Waals surface area contributed by atoms with Crippen molar-refractivity contribution < 1.29 is 32.9 Å². The number of quaternary nitrogens is 1. The quantitative estimate of drug-likeness (QED) is 0.0272. The Kier molecular flexibility index (Phi) is 57.8. The molecule has 0 saturated carbocycles. The number of carbonyl (C=O) groups is 1. The lowest BCUT2D eigenvalue weighted by Gasteiger charge is -2.29. The molecule has 0 aromatic rings. The number of aliphatic hydroxyl groups excluding tert-OH is 1. The van der Waals surface area contributed by atoms with Gasteiger partial charge in [-0.25, -0.2) is 0 Å². The Labute approximate surface area is 474 Å². The average Bonchev–Trinajstić information content (AvgIpc) is 3.38. The number of nitrogens with one attached hydrogen (secondary N) is 1. The third-order valence-electron chi connectivity index (χ3n) is 15.7. The number of aliphatic hydroxyl groups is 1. The smallest absolute Gasteiger partial charge is 0.268 e. The summed E-state index contributed by atoms with van der Waals surface area (Å²) in [5.74, 6) is -0.191. The first-order valence-corrected chi connectivity index (χ1v) is 35.2. The van der Waals surface area contributed by atoms with E-state index < -0.39 is 20.0 Å². The lowest BCUT2D eigenvalue weighted by Crippen LogP contribution is -2.45. The standard InChI is InChI=1S/C67H133N2O6P/c1-6-8-10-12-14-16-18-20-22-24-26-28-30-32-33-34-35-37-38-40-42-44-46-48-50-52-54-56-58-60-66(70)65(64-75-76(72,73)74-63-62-69(3,4)5)68-67(71)61-59-57-55-53-51-49-47-45-43-41-39-36-31-29-27-25-23-21-19-17-15-13-11-9-7-2/h25,27,58,60,65-66,70H,6-24,26,28-57,59,61-64H2,1-5H3,(H-,68,71,72,73)/b27-25-,60-58+. The van der Waals surface area contributed by atoms with Crippen LogP contribution in [0.25, 0.3) is 0 Å². The van der Waals surface area contributed by atoms with E-state index in [0.29, 0.717) is 17.4 Å². The highest BCUT2D eigenvalue weighted by Gasteiger charge is 2.23. The molecule has 0 aromatic heterocycles. The first-order chi connectivity index (χ1) is 37.0. The molecule has 0 radical (unpaired) electrons. The lowest BCUT2D eigenvalue weighted by atomic mass is 10.0. The Morgan fingerprint density at radius 2 is 0.724 bits per heavy atom. The Morgan fingerprint density at radius 3 is 1.03 bits per heavy atom. The Balaban J connectivity index is 4.08. The van der Waals surface area contributed by atoms with Crippen LogP contribution >= 0.6 is 7.82 Å². The molecule has 0 aliphatic heterocycles. The van der Waals surface area contributed by atoms with Gasteiger partial charge in [0.05, 0.1) is 39.9 Å². The van der Waals surface area contributed by atoms with Crippen molar-refractivity contribution in [3.63, 3.8) is 0 Å². The predicted octanol–water partition coefficient (Wildman–Crippen LogP) is 20.5. The third kappa shape index (κ3) is 60.6. The van der Waals surface area contributed by atoms with Crippen LogP contribution in [-0.2, 0) is 18.4 Å². The molecule has 0 aliphatic rings. The molecule has 0 bridgehead atoms. The average molecular weight is 1090 g/mol. The molecule has 1 amide bonds. The van der Waals surface area contributed by atoms with Crippen molar-refractivity contribution in [1.82, 2.24) is 5.32 Å². The van der Waals surface area contributed by atoms with Crippen LogP contribution in [0.15, 0.2) is 24.3 Å². The van der Waals surface area contributed by atoms with Gasteiger partial charge in [-0.3, -0.25) is 9.36 Å². The van der Waals surface area contributed by atoms with Gasteiger partial charge in [-0.2, -0.15) is 0 Å². The van der Waals surface area contributed by atoms with E-state index in [4.69, 9.17) is 9.05 Å². The number of phosphoric acid groups is 1. The van der Waals surface area contributed by atoms with E-state index in [-0.39, 0.29) is 19.1 Å². The van der Waals surface area contributed by atoms with E-state index in [2.05, 4.69) is 31.3 Å². The first kappa shape index (κ1) is 75.0. The largest absolute Gasteiger partial charge is 0.756 e. The number of nitrogens with zero attached hydrogens (tertiary/aromatic N) is 1. The second kappa shape index (κ2) is 58.6. The van der Waals surface area contributed by atoms with Crippen LogP contribution in [0.1, 0.15) is 348 Å². The number of phosphoric ester groups is 1. The van der Waals surface area contributed by atoms with Gasteiger partial charge in [-0.05, 0) is 44.9 Å². The van der Waals surface area contributed by atoms with Crippen molar-refractivity contribution in [2.24, 2.45) is 0 Å². The molecule has 0 spiro atoms. The Morgan fingerprint density at radius 1 is 0.447 bits per heavy atom. The normalized spacial score (nSPS) is 13.8. The molecule has 0 saturated heterocycles. The molecule has 3 unspecified atom stereocenters. The number of carbonyl (C=O) groups excluding carboxylic acids is 1. The summed E-state index contributed by atoms with van der Waals surface area (Å²) in [6.45, 7) is 4.71. The summed E-state index contributed by atoms with van der Waals surface area (Å²) < 4.78 is 23.4. The fourth-order valence-electron chi connectivity index (χ4n) is 10.4. The molecular formula is C67H133N2O6P. The van der Waals surface area contributed by atoms with Gasteiger partial charge < -0.3 is 28.8 Å². The van der Waals surface area contributed by atoms with Crippen LogP contribution in [0.4, 0.5) is 0 Å². The maximum Gasteiger partial charge on any atom is 0.268 e. The molecule has 76 heavy (non-hydrogen) atoms. The van der Waals surface area contributed by atoms with Crippen LogP contribution in [0.2, 0.25) is 0 Å². The number of rotatable bonds is 63. The van der Waals surface area contributed by atoms with Gasteiger partial charge >= 0.3 is 0 Å². The van der Waals surface area contributed by atoms with E-state index >= 15 is 0 Å². The highest BCUT2D eigenvalue weighted by molar-refractivity contribution is 7.45. The van der Waals surface area contributed by atoms with E-state index in [9.17, 15) is 19.4 Å². The number of allylic oxidation sites excluding steroid dienone is 3. The minimum Gasteiger partial charge on any atom is -0.756 e. The molecular weight excluding hydrogens is 960 g/mol. The molecule has 0 rings (SSSR count). The van der Waals surface area contributed by atoms with Crippen molar-refractivity contribution in [1.29, 1.82) is 0 Å². The van der Waals surface area contributed by atoms with Crippen LogP contribution in [-0.4, -0.2) is 68.5 Å². The summed E-state index contributed by atoms with van der Waals surface area (Å²) in [6.07, 6.45) is 75.7. The SMILES string of the molecule is CCCCCCCCCC/C=C\CCCCCCCCCCCCCCCC(=O)NC(COP(=O)([O-])OCC[N+](C)(C)C)C(O)/C=C/CCCCCCCCCCCCCCCCCCCCCCCCCCCCC. The molecule has 0 aliphatic carbocycles. The third-order valence-corrected chi connectivity index (χ3v) is 16.6. The van der Waals surface area contributed by atoms with Crippen molar-refractivity contribution in [3.8, 4) is 0 Å². The Hall–Kier alpha value is -1.02. The predicted molar refractivity (Wildman–Crippen MR) is 330 cm³/mol. The van der Waals surface area contributed by atoms with Gasteiger partial charge in [-0.1, -0.05) is 321 Å². The zero-order valence-corrected chi connectivity index (χ0v) is 52.6. The van der Waals surface area contributed by atoms with Gasteiger partial charge in [0.1, 0.15) is 13.2 Å². The first-order valence-electron chi connectivity index (χ1n) is 33.7. The maximum absolute atomic E-state index is 13.0. The molecule has 2 N–H and O–H groups in total. The highest BCUT2D eigenvalue weighted by atomic mass is 31.2. The molecule has 0 heterocycles. The summed E-state index contributed by atoms with van der Waals surface area (Å²) in [7, 11) is 1.28. The number of hydrogen-bond donors (Lipinski definition) is 2. The van der Waals surface area contributed by atoms with Crippen LogP contribution in [0.5, 0.6) is 0 Å². The fourth-order valence-corrected chi connectivity index (χ4v) is 11.1. The van der Waals surface area contributed by atoms with E-state index in [1.165, 1.54) is 289 Å². The topological polar surface area (TPSA) is 108 Å². The second-order valence-corrected chi connectivity index (χ2v) is 25.9. The number of hydrogen-bond acceptors (Lipinski definition) is 6. The zero-order chi connectivity index (χ0) is 55.6. The summed E-state index contributed by atoms with van der Waals surface area (Å²) >= 11 is 0. The van der Waals surface area contributed by atoms with E-state index in [1.54, 1.807) is 6.08 Å². The number of likely N-dealkylation sites (N-methyl/N-ethyl adjacent to an activating group) is 1. The van der Waals surface area contributed by atoms with Gasteiger partial charge in [0.25, 0.3) is 7.82 Å². The van der Waals surface area contributed by atoms with Crippen LogP contribution < -0.4 is 10.2 Å². The fraction of sp³-hybridized carbons (Fsp3) is 0.925. The van der Waals surface area contributed by atoms with Gasteiger partial charge in [-0.15, -0.1) is 0 Å². The van der Waals surface area contributed by atoms with E-state index in [0.717, 1.165) is 38.5 Å². The van der Waals surface area contributed by atoms with Crippen molar-refractivity contribution in [2.75, 3.05) is 40.9 Å². The van der Waals surface area contributed by atoms with Crippen molar-refractivity contribution in [2.45, 2.75) is 360 Å². The highest BCUT2D eigenvalue weighted by Crippen LogP contribution is 2.38. The summed E-state index contributed by atoms with van der Waals surface area (Å²) in [5, 5.41) is 14.0. The number of unbranched alkanes of at least 4 members (excludes halogenated alkanes) is 48. The van der Waals surface area contributed by atoms with Crippen LogP contribution in [0, 0.1) is 0 Å². The minimum absolute atomic E-state index is 0.00131. The molecule has 0 aromatic carbocycles. The van der Waals surface area contributed by atoms with Gasteiger partial charge in [0.2, 0.25) is 5.91 Å².